The fraction of sp³-hybridized carbons (Fsp3) is 0.400. The van der Waals surface area contributed by atoms with Crippen LogP contribution in [0.15, 0.2) is 30.3 Å². The summed E-state index contributed by atoms with van der Waals surface area (Å²) in [6, 6.07) is 9.06. The number of methoxy groups -OCH3 is 1. The number of fused-ring (bicyclic) bond motifs is 1. The first-order chi connectivity index (χ1) is 17.1. The van der Waals surface area contributed by atoms with Gasteiger partial charge in [0.25, 0.3) is 5.69 Å². The van der Waals surface area contributed by atoms with E-state index < -0.39 is 30.5 Å². The van der Waals surface area contributed by atoms with Crippen LogP contribution in [0.3, 0.4) is 0 Å². The molecule has 196 valence electrons. The van der Waals surface area contributed by atoms with Gasteiger partial charge in [-0.1, -0.05) is 18.2 Å². The maximum atomic E-state index is 12.8. The minimum Gasteiger partial charge on any atom is -0.496 e. The second kappa shape index (κ2) is 8.88. The fourth-order valence-corrected chi connectivity index (χ4v) is 4.19. The van der Waals surface area contributed by atoms with Gasteiger partial charge < -0.3 is 19.8 Å². The maximum absolute atomic E-state index is 12.8. The Bertz CT molecular complexity index is 1390. The van der Waals surface area contributed by atoms with E-state index in [-0.39, 0.29) is 11.5 Å². The lowest BCUT2D eigenvalue weighted by atomic mass is 9.76. The molecule has 0 unspecified atom stereocenters. The topological polar surface area (TPSA) is 96.8 Å². The number of carbonyl (C=O) groups excluding carboxylic acids is 1. The molecule has 0 saturated carbocycles. The Labute approximate surface area is 212 Å². The van der Waals surface area contributed by atoms with Gasteiger partial charge in [-0.2, -0.15) is 18.0 Å². The molecule has 1 fully saturated rings. The normalized spacial score (nSPS) is 16.8. The van der Waals surface area contributed by atoms with Gasteiger partial charge in [0.2, 0.25) is 5.82 Å². The molecule has 2 heterocycles. The van der Waals surface area contributed by atoms with Crippen LogP contribution in [0.25, 0.3) is 21.9 Å². The van der Waals surface area contributed by atoms with Gasteiger partial charge in [-0.15, -0.1) is 0 Å². The van der Waals surface area contributed by atoms with E-state index in [4.69, 9.17) is 19.8 Å². The lowest BCUT2D eigenvalue weighted by molar-refractivity contribution is -0.918. The number of ether oxygens (including phenoxy) is 1. The summed E-state index contributed by atoms with van der Waals surface area (Å²) in [6.45, 7) is 11.2. The summed E-state index contributed by atoms with van der Waals surface area (Å²) >= 11 is 0. The Morgan fingerprint density at radius 3 is 2.24 bits per heavy atom. The number of aromatic nitrogens is 2. The van der Waals surface area contributed by atoms with Crippen molar-refractivity contribution in [3.05, 3.63) is 41.6 Å². The molecule has 4 rings (SSSR count). The summed E-state index contributed by atoms with van der Waals surface area (Å²) in [5.41, 5.74) is 8.09. The summed E-state index contributed by atoms with van der Waals surface area (Å²) < 4.78 is 56.4. The highest BCUT2D eigenvalue weighted by atomic mass is 19.4. The van der Waals surface area contributed by atoms with Gasteiger partial charge in [0, 0.05) is 17.9 Å². The van der Waals surface area contributed by atoms with Crippen molar-refractivity contribution in [3.8, 4) is 16.9 Å². The summed E-state index contributed by atoms with van der Waals surface area (Å²) in [5.74, 6) is -1.90. The number of nitrogen functional groups attached to an aromatic ring is 1. The third-order valence-electron chi connectivity index (χ3n) is 6.91. The van der Waals surface area contributed by atoms with Crippen LogP contribution in [0.1, 0.15) is 39.0 Å². The summed E-state index contributed by atoms with van der Waals surface area (Å²) in [5, 5.41) is 4.72. The Kier molecular flexibility index (Phi) is 6.40. The smallest absolute Gasteiger partial charge is 0.496 e. The molecule has 1 aliphatic heterocycles. The molecular formula is C25H28BF3N3O5+. The monoisotopic (exact) mass is 518 g/mol. The quantitative estimate of drug-likeness (QED) is 0.419. The first-order valence-corrected chi connectivity index (χ1v) is 11.5. The lowest BCUT2D eigenvalue weighted by Crippen LogP contribution is -2.55. The Morgan fingerprint density at radius 1 is 1.05 bits per heavy atom. The minimum atomic E-state index is -5.19. The Balaban J connectivity index is 1.84. The predicted octanol–water partition coefficient (Wildman–Crippen LogP) is 3.21. The van der Waals surface area contributed by atoms with E-state index in [0.29, 0.717) is 32.5 Å². The molecular weight excluding hydrogens is 490 g/mol. The maximum Gasteiger partial charge on any atom is 0.498 e. The molecule has 2 N–H and O–H groups in total. The minimum absolute atomic E-state index is 0.101. The van der Waals surface area contributed by atoms with Crippen molar-refractivity contribution in [1.82, 2.24) is 5.10 Å². The van der Waals surface area contributed by atoms with E-state index in [1.807, 2.05) is 46.8 Å². The molecule has 0 amide bonds. The van der Waals surface area contributed by atoms with E-state index in [1.165, 1.54) is 6.92 Å². The highest BCUT2D eigenvalue weighted by Gasteiger charge is 2.52. The van der Waals surface area contributed by atoms with Crippen molar-refractivity contribution in [1.29, 1.82) is 0 Å². The molecule has 12 heteroatoms. The van der Waals surface area contributed by atoms with Crippen LogP contribution in [0.2, 0.25) is 0 Å². The van der Waals surface area contributed by atoms with Crippen LogP contribution in [0.5, 0.6) is 5.75 Å². The van der Waals surface area contributed by atoms with Crippen LogP contribution < -0.4 is 25.6 Å². The Morgan fingerprint density at radius 2 is 1.68 bits per heavy atom. The Hall–Kier alpha value is -3.38. The number of nitrogens with zero attached hydrogens (tertiary/aromatic N) is 2. The van der Waals surface area contributed by atoms with Crippen molar-refractivity contribution in [2.45, 2.75) is 58.9 Å². The number of alkyl halides is 3. The molecule has 2 aromatic carbocycles. The summed E-state index contributed by atoms with van der Waals surface area (Å²) in [4.78, 5) is 16.3. The molecule has 0 aliphatic carbocycles. The molecule has 1 aromatic heterocycles. The van der Waals surface area contributed by atoms with Gasteiger partial charge in [0.05, 0.1) is 28.8 Å². The SMILES string of the molecule is COc1c(C)cc(B2OC(C)(C)C(C)(C)O2)cc1-c1ccc2c(N)n[n+](OC(=O)C(F)(F)F)c(C)c2c1. The van der Waals surface area contributed by atoms with E-state index in [9.17, 15) is 18.0 Å². The van der Waals surface area contributed by atoms with E-state index in [1.54, 1.807) is 25.3 Å². The number of carbonyl (C=O) groups is 1. The van der Waals surface area contributed by atoms with Gasteiger partial charge in [-0.3, -0.25) is 0 Å². The first-order valence-electron chi connectivity index (χ1n) is 11.5. The van der Waals surface area contributed by atoms with Crippen LogP contribution in [0, 0.1) is 13.8 Å². The van der Waals surface area contributed by atoms with Gasteiger partial charge >= 0.3 is 19.3 Å². The molecule has 8 nitrogen and oxygen atoms in total. The zero-order valence-electron chi connectivity index (χ0n) is 21.6. The molecule has 0 atom stereocenters. The summed E-state index contributed by atoms with van der Waals surface area (Å²) in [7, 11) is 0.943. The fourth-order valence-electron chi connectivity index (χ4n) is 4.19. The van der Waals surface area contributed by atoms with Crippen molar-refractivity contribution < 1.29 is 41.7 Å². The van der Waals surface area contributed by atoms with Crippen molar-refractivity contribution in [3.63, 3.8) is 0 Å². The number of rotatable bonds is 4. The molecule has 1 aliphatic rings. The number of nitrogens with two attached hydrogens (primary N) is 1. The average Bonchev–Trinajstić information content (AvgIpc) is 3.02. The highest BCUT2D eigenvalue weighted by molar-refractivity contribution is 6.62. The molecule has 1 saturated heterocycles. The molecule has 0 radical (unpaired) electrons. The second-order valence-electron chi connectivity index (χ2n) is 9.99. The third-order valence-corrected chi connectivity index (χ3v) is 6.91. The number of aryl methyl sites for hydroxylation is 2. The van der Waals surface area contributed by atoms with Crippen molar-refractivity contribution in [2.75, 3.05) is 12.8 Å². The highest BCUT2D eigenvalue weighted by Crippen LogP contribution is 2.39. The number of hydrogen-bond donors (Lipinski definition) is 1. The molecule has 3 aromatic rings. The van der Waals surface area contributed by atoms with Gasteiger partial charge in [0.15, 0.2) is 0 Å². The van der Waals surface area contributed by atoms with Gasteiger partial charge in [-0.25, -0.2) is 4.79 Å². The third kappa shape index (κ3) is 4.71. The largest absolute Gasteiger partial charge is 0.498 e. The van der Waals surface area contributed by atoms with Crippen LogP contribution >= 0.6 is 0 Å². The summed E-state index contributed by atoms with van der Waals surface area (Å²) in [6.07, 6.45) is -5.19. The number of benzene rings is 2. The van der Waals surface area contributed by atoms with Crippen molar-refractivity contribution in [2.24, 2.45) is 0 Å². The molecule has 37 heavy (non-hydrogen) atoms. The van der Waals surface area contributed by atoms with Gasteiger partial charge in [0.1, 0.15) is 10.6 Å². The molecule has 0 bridgehead atoms. The number of hydrogen-bond acceptors (Lipinski definition) is 7. The second-order valence-corrected chi connectivity index (χ2v) is 9.99. The lowest BCUT2D eigenvalue weighted by Gasteiger charge is -2.32. The van der Waals surface area contributed by atoms with E-state index in [0.717, 1.165) is 11.0 Å². The number of halogens is 3. The van der Waals surface area contributed by atoms with Crippen LogP contribution in [-0.2, 0) is 14.1 Å². The van der Waals surface area contributed by atoms with Gasteiger partial charge in [-0.05, 0) is 63.3 Å². The predicted molar refractivity (Wildman–Crippen MR) is 131 cm³/mol. The zero-order valence-corrected chi connectivity index (χ0v) is 21.6. The zero-order chi connectivity index (χ0) is 27.5. The van der Waals surface area contributed by atoms with Crippen molar-refractivity contribution >= 4 is 35.1 Å². The van der Waals surface area contributed by atoms with Crippen LogP contribution in [0.4, 0.5) is 19.0 Å². The van der Waals surface area contributed by atoms with Crippen LogP contribution in [-0.4, -0.2) is 42.7 Å². The first kappa shape index (κ1) is 26.7. The average molecular weight is 518 g/mol. The number of anilines is 1. The molecule has 0 spiro atoms. The van der Waals surface area contributed by atoms with E-state index in [2.05, 4.69) is 9.94 Å². The van der Waals surface area contributed by atoms with E-state index >= 15 is 0 Å². The standard InChI is InChI=1S/C25H28BF3N3O5/c1-13-10-16(26-36-23(3,4)24(5,6)37-26)12-19(20(13)34-7)15-8-9-17-18(11-15)14(2)32(31-21(17)30)35-22(33)25(27,28)29/h8-12H,1-7H3,(H2,30,31)/q+1.